The molecule has 0 bridgehead atoms. The molecule has 2 aromatic heterocycles. The molecule has 2 N–H and O–H groups in total. The first-order valence-electron chi connectivity index (χ1n) is 11.9. The number of benzene rings is 2. The summed E-state index contributed by atoms with van der Waals surface area (Å²) in [6, 6.07) is 13.6. The number of aromatic nitrogens is 3. The molecule has 13 heteroatoms. The average molecular weight is 572 g/mol. The molecule has 204 valence electrons. The van der Waals surface area contributed by atoms with E-state index in [2.05, 4.69) is 15.5 Å². The molecule has 1 saturated carbocycles. The summed E-state index contributed by atoms with van der Waals surface area (Å²) in [5.74, 6) is 0.783. The summed E-state index contributed by atoms with van der Waals surface area (Å²) in [4.78, 5) is -1.47. The summed E-state index contributed by atoms with van der Waals surface area (Å²) < 4.78 is 88.6. The molecule has 0 radical (unpaired) electrons. The van der Waals surface area contributed by atoms with Crippen LogP contribution in [0.2, 0.25) is 0 Å². The molecule has 1 fully saturated rings. The van der Waals surface area contributed by atoms with Gasteiger partial charge in [0.05, 0.1) is 9.73 Å². The van der Waals surface area contributed by atoms with Crippen molar-refractivity contribution in [1.29, 1.82) is 4.78 Å². The summed E-state index contributed by atoms with van der Waals surface area (Å²) in [5, 5.41) is 10.9. The molecule has 1 unspecified atom stereocenters. The van der Waals surface area contributed by atoms with Crippen LogP contribution in [0.4, 0.5) is 25.1 Å². The van der Waals surface area contributed by atoms with Gasteiger partial charge in [-0.3, -0.25) is 4.40 Å². The molecule has 0 saturated heterocycles. The van der Waals surface area contributed by atoms with E-state index < -0.39 is 24.8 Å². The normalized spacial score (nSPS) is 21.8. The number of rotatable bonds is 6. The monoisotopic (exact) mass is 571 g/mol. The summed E-state index contributed by atoms with van der Waals surface area (Å²) in [5.41, 5.74) is 2.85. The van der Waals surface area contributed by atoms with Crippen molar-refractivity contribution in [2.24, 2.45) is 0 Å². The highest BCUT2D eigenvalue weighted by molar-refractivity contribution is 8.45. The third kappa shape index (κ3) is 5.35. The molecule has 38 heavy (non-hydrogen) atoms. The molecule has 4 aromatic rings. The molecule has 6 nitrogen and oxygen atoms in total. The molecule has 1 aliphatic carbocycles. The minimum atomic E-state index is -9.70. The van der Waals surface area contributed by atoms with E-state index in [4.69, 9.17) is 4.78 Å². The second-order valence-electron chi connectivity index (χ2n) is 9.63. The predicted octanol–water partition coefficient (Wildman–Crippen LogP) is 8.19. The fourth-order valence-corrected chi connectivity index (χ4v) is 7.33. The zero-order chi connectivity index (χ0) is 27.4. The maximum atomic E-state index is 13.5. The van der Waals surface area contributed by atoms with E-state index in [1.807, 2.05) is 41.8 Å². The summed E-state index contributed by atoms with van der Waals surface area (Å²) in [6.45, 7) is 1.86. The second kappa shape index (κ2) is 8.40. The van der Waals surface area contributed by atoms with Crippen LogP contribution in [-0.4, -0.2) is 30.1 Å². The lowest BCUT2D eigenvalue weighted by atomic mass is 9.95. The molecular formula is C25H26F5N5OS2. The van der Waals surface area contributed by atoms with Crippen molar-refractivity contribution in [1.82, 2.24) is 14.6 Å². The van der Waals surface area contributed by atoms with E-state index in [9.17, 15) is 23.6 Å². The number of fused-ring (bicyclic) bond motifs is 1. The van der Waals surface area contributed by atoms with E-state index >= 15 is 0 Å². The van der Waals surface area contributed by atoms with Crippen LogP contribution in [0.1, 0.15) is 31.5 Å². The largest absolute Gasteiger partial charge is 0.382 e. The zero-order valence-electron chi connectivity index (χ0n) is 20.3. The van der Waals surface area contributed by atoms with E-state index in [0.29, 0.717) is 54.0 Å². The van der Waals surface area contributed by atoms with Gasteiger partial charge in [0, 0.05) is 28.1 Å². The van der Waals surface area contributed by atoms with Crippen molar-refractivity contribution in [3.05, 3.63) is 72.7 Å². The maximum absolute atomic E-state index is 13.5. The number of anilines is 1. The standard InChI is InChI=1S/C25H26F5N5OS2/c1-17-33-34-25-16-19(14-15-35(17)25)18-2-8-22(9-3-18)37(31,36)23-10-4-20(5-11-23)32-21-6-12-24(13-7-21)38(26,27,28,29)30/h2-3,6-9,12-16,20,23,31-32H,4-5,10-11H2,1H3. The Labute approximate surface area is 217 Å². The second-order valence-corrected chi connectivity index (χ2v) is 14.4. The van der Waals surface area contributed by atoms with Gasteiger partial charge >= 0.3 is 10.2 Å². The molecule has 2 aromatic carbocycles. The number of hydrogen-bond donors (Lipinski definition) is 2. The van der Waals surface area contributed by atoms with E-state index in [1.165, 1.54) is 0 Å². The lowest BCUT2D eigenvalue weighted by Gasteiger charge is -2.40. The first-order valence-corrected chi connectivity index (χ1v) is 15.5. The molecule has 1 atom stereocenters. The van der Waals surface area contributed by atoms with E-state index in [1.54, 1.807) is 12.1 Å². The van der Waals surface area contributed by atoms with Crippen LogP contribution in [0.3, 0.4) is 0 Å². The van der Waals surface area contributed by atoms with E-state index in [0.717, 1.165) is 29.1 Å². The molecular weight excluding hydrogens is 545 g/mol. The molecule has 0 amide bonds. The quantitative estimate of drug-likeness (QED) is 0.229. The van der Waals surface area contributed by atoms with Crippen LogP contribution in [0.15, 0.2) is 76.7 Å². The lowest BCUT2D eigenvalue weighted by Crippen LogP contribution is -2.32. The van der Waals surface area contributed by atoms with Crippen molar-refractivity contribution in [2.45, 2.75) is 53.7 Å². The van der Waals surface area contributed by atoms with Crippen molar-refractivity contribution in [2.75, 3.05) is 5.32 Å². The fourth-order valence-electron chi connectivity index (χ4n) is 4.82. The third-order valence-electron chi connectivity index (χ3n) is 6.93. The Morgan fingerprint density at radius 1 is 0.895 bits per heavy atom. The van der Waals surface area contributed by atoms with Crippen molar-refractivity contribution in [3.8, 4) is 11.1 Å². The van der Waals surface area contributed by atoms with Crippen LogP contribution in [0.25, 0.3) is 16.8 Å². The van der Waals surface area contributed by atoms with Crippen molar-refractivity contribution < 1.29 is 23.6 Å². The number of nitrogens with one attached hydrogen (secondary N) is 2. The Bertz CT molecular complexity index is 1600. The summed E-state index contributed by atoms with van der Waals surface area (Å²) in [6.07, 6.45) is 3.98. The van der Waals surface area contributed by atoms with Crippen molar-refractivity contribution >= 4 is 31.3 Å². The van der Waals surface area contributed by atoms with Gasteiger partial charge in [0.25, 0.3) is 0 Å². The lowest BCUT2D eigenvalue weighted by molar-refractivity contribution is 0.364. The maximum Gasteiger partial charge on any atom is 0.310 e. The smallest absolute Gasteiger partial charge is 0.310 e. The minimum Gasteiger partial charge on any atom is -0.382 e. The number of nitrogens with zero attached hydrogens (tertiary/aromatic N) is 3. The topological polar surface area (TPSA) is 83.1 Å². The molecule has 2 heterocycles. The minimum absolute atomic E-state index is 0.120. The van der Waals surface area contributed by atoms with Gasteiger partial charge in [-0.25, -0.2) is 8.99 Å². The Hall–Kier alpha value is -3.19. The van der Waals surface area contributed by atoms with Gasteiger partial charge in [-0.15, -0.1) is 10.2 Å². The van der Waals surface area contributed by atoms with Gasteiger partial charge in [0.2, 0.25) is 0 Å². The van der Waals surface area contributed by atoms with Crippen LogP contribution < -0.4 is 5.32 Å². The van der Waals surface area contributed by atoms with Gasteiger partial charge in [-0.1, -0.05) is 31.6 Å². The average Bonchev–Trinajstić information content (AvgIpc) is 3.23. The third-order valence-corrected chi connectivity index (χ3v) is 10.5. The fraction of sp³-hybridized carbons (Fsp3) is 0.280. The number of hydrogen-bond acceptors (Lipinski definition) is 5. The Balaban J connectivity index is 1.22. The summed E-state index contributed by atoms with van der Waals surface area (Å²) in [7, 11) is -12.8. The highest BCUT2D eigenvalue weighted by Gasteiger charge is 2.65. The molecule has 1 aliphatic rings. The van der Waals surface area contributed by atoms with Crippen LogP contribution in [0.5, 0.6) is 0 Å². The Morgan fingerprint density at radius 2 is 1.53 bits per heavy atom. The number of aryl methyl sites for hydroxylation is 1. The predicted molar refractivity (Wildman–Crippen MR) is 140 cm³/mol. The van der Waals surface area contributed by atoms with Gasteiger partial charge < -0.3 is 5.32 Å². The van der Waals surface area contributed by atoms with Crippen LogP contribution in [-0.2, 0) is 9.73 Å². The molecule has 5 rings (SSSR count). The molecule has 0 aliphatic heterocycles. The van der Waals surface area contributed by atoms with Crippen LogP contribution >= 0.6 is 10.2 Å². The highest BCUT2D eigenvalue weighted by atomic mass is 32.5. The first-order chi connectivity index (χ1) is 17.6. The van der Waals surface area contributed by atoms with Gasteiger partial charge in [0.1, 0.15) is 10.7 Å². The highest BCUT2D eigenvalue weighted by Crippen LogP contribution is 3.02. The Kier molecular flexibility index (Phi) is 5.84. The van der Waals surface area contributed by atoms with Crippen molar-refractivity contribution in [3.63, 3.8) is 0 Å². The Morgan fingerprint density at radius 3 is 2.13 bits per heavy atom. The van der Waals surface area contributed by atoms with Gasteiger partial charge in [-0.05, 0) is 92.3 Å². The van der Waals surface area contributed by atoms with Gasteiger partial charge in [0.15, 0.2) is 5.65 Å². The van der Waals surface area contributed by atoms with E-state index in [-0.39, 0.29) is 11.3 Å². The first kappa shape index (κ1) is 26.4. The SMILES string of the molecule is Cc1nnc2cc(-c3ccc(S(=N)(=O)C4CCC(Nc5ccc(S(F)(F)(F)(F)F)cc5)CC4)cc3)ccn12. The zero-order valence-corrected chi connectivity index (χ0v) is 21.9. The van der Waals surface area contributed by atoms with Gasteiger partial charge in [-0.2, -0.15) is 0 Å². The summed E-state index contributed by atoms with van der Waals surface area (Å²) >= 11 is 0. The van der Waals surface area contributed by atoms with Crippen LogP contribution in [0, 0.1) is 11.7 Å². The number of pyridine rings is 1. The molecule has 0 spiro atoms. The number of halogens is 5.